The molecule has 2 N–H and O–H groups in total. The van der Waals surface area contributed by atoms with Crippen LogP contribution in [0.2, 0.25) is 0 Å². The topological polar surface area (TPSA) is 110 Å². The van der Waals surface area contributed by atoms with E-state index in [1.54, 1.807) is 26.4 Å². The highest BCUT2D eigenvalue weighted by molar-refractivity contribution is 5.72. The number of aromatic hydroxyl groups is 2. The number of pyridine rings is 2. The van der Waals surface area contributed by atoms with Crippen molar-refractivity contribution in [2.75, 3.05) is 64.4 Å². The number of aromatic nitrogens is 2. The predicted octanol–water partition coefficient (Wildman–Crippen LogP) is 5.61. The third-order valence-corrected chi connectivity index (χ3v) is 7.22. The van der Waals surface area contributed by atoms with Crippen LogP contribution in [0.25, 0.3) is 22.3 Å². The maximum Gasteiger partial charge on any atom is 0.203 e. The number of methoxy groups -OCH3 is 4. The van der Waals surface area contributed by atoms with Gasteiger partial charge in [-0.25, -0.2) is 9.97 Å². The summed E-state index contributed by atoms with van der Waals surface area (Å²) in [5, 5.41) is 20.7. The van der Waals surface area contributed by atoms with Gasteiger partial charge >= 0.3 is 0 Å². The number of benzene rings is 2. The second-order valence-corrected chi connectivity index (χ2v) is 9.60. The molecule has 3 heterocycles. The van der Waals surface area contributed by atoms with E-state index < -0.39 is 0 Å². The number of phenolic OH excluding ortho intramolecular Hbond substituents is 2. The Morgan fingerprint density at radius 3 is 1.33 bits per heavy atom. The molecule has 1 aliphatic heterocycles. The fourth-order valence-corrected chi connectivity index (χ4v) is 5.09. The Bertz CT molecular complexity index is 1380. The molecular formula is C32H38N4O6. The number of anilines is 2. The van der Waals surface area contributed by atoms with Gasteiger partial charge in [0.25, 0.3) is 0 Å². The molecule has 0 aliphatic carbocycles. The maximum absolute atomic E-state index is 10.3. The molecule has 2 aromatic carbocycles. The van der Waals surface area contributed by atoms with Gasteiger partial charge < -0.3 is 39.0 Å². The number of nitrogens with zero attached hydrogens (tertiary/aromatic N) is 4. The molecular weight excluding hydrogens is 536 g/mol. The Morgan fingerprint density at radius 1 is 0.571 bits per heavy atom. The molecule has 1 saturated heterocycles. The normalized spacial score (nSPS) is 13.1. The maximum atomic E-state index is 10.3. The van der Waals surface area contributed by atoms with Crippen LogP contribution in [-0.4, -0.2) is 74.8 Å². The molecule has 0 spiro atoms. The summed E-state index contributed by atoms with van der Waals surface area (Å²) in [5.74, 6) is 3.36. The molecule has 0 saturated carbocycles. The van der Waals surface area contributed by atoms with Crippen LogP contribution in [0.3, 0.4) is 0 Å². The summed E-state index contributed by atoms with van der Waals surface area (Å²) in [5.41, 5.74) is 3.32. The third-order valence-electron chi connectivity index (χ3n) is 7.22. The van der Waals surface area contributed by atoms with Crippen LogP contribution in [0, 0.1) is 0 Å². The first-order valence-electron chi connectivity index (χ1n) is 13.3. The lowest BCUT2D eigenvalue weighted by atomic mass is 10.1. The van der Waals surface area contributed by atoms with Gasteiger partial charge in [0.2, 0.25) is 11.5 Å². The van der Waals surface area contributed by atoms with Gasteiger partial charge in [0.15, 0.2) is 23.0 Å². The number of hydrogen-bond acceptors (Lipinski definition) is 10. The fourth-order valence-electron chi connectivity index (χ4n) is 5.09. The van der Waals surface area contributed by atoms with E-state index >= 15 is 0 Å². The van der Waals surface area contributed by atoms with E-state index in [0.717, 1.165) is 66.5 Å². The van der Waals surface area contributed by atoms with Crippen molar-refractivity contribution < 1.29 is 29.2 Å². The molecule has 0 bridgehead atoms. The minimum absolute atomic E-state index is 0. The van der Waals surface area contributed by atoms with Crippen molar-refractivity contribution in [2.45, 2.75) is 13.8 Å². The molecule has 5 rings (SSSR count). The van der Waals surface area contributed by atoms with Gasteiger partial charge in [-0.05, 0) is 66.1 Å². The second-order valence-electron chi connectivity index (χ2n) is 9.60. The number of hydrogen-bond donors (Lipinski definition) is 2. The molecule has 10 heteroatoms. The quantitative estimate of drug-likeness (QED) is 0.276. The zero-order valence-corrected chi connectivity index (χ0v) is 23.6. The third kappa shape index (κ3) is 6.07. The highest BCUT2D eigenvalue weighted by Gasteiger charge is 2.19. The first-order chi connectivity index (χ1) is 19.9. The van der Waals surface area contributed by atoms with E-state index in [1.807, 2.05) is 48.8 Å². The van der Waals surface area contributed by atoms with Crippen LogP contribution in [0.15, 0.2) is 60.9 Å². The summed E-state index contributed by atoms with van der Waals surface area (Å²) < 4.78 is 21.2. The summed E-state index contributed by atoms with van der Waals surface area (Å²) >= 11 is 0. The van der Waals surface area contributed by atoms with E-state index in [9.17, 15) is 10.2 Å². The summed E-state index contributed by atoms with van der Waals surface area (Å²) in [7, 11) is 6.07. The largest absolute Gasteiger partial charge is 0.504 e. The Labute approximate surface area is 246 Å². The van der Waals surface area contributed by atoms with Gasteiger partial charge in [0, 0.05) is 49.7 Å². The van der Waals surface area contributed by atoms with Gasteiger partial charge in [-0.1, -0.05) is 7.43 Å². The van der Waals surface area contributed by atoms with Crippen molar-refractivity contribution >= 4 is 11.6 Å². The summed E-state index contributed by atoms with van der Waals surface area (Å²) in [6, 6.07) is 14.9. The lowest BCUT2D eigenvalue weighted by Crippen LogP contribution is -2.31. The first-order valence-corrected chi connectivity index (χ1v) is 13.3. The highest BCUT2D eigenvalue weighted by atomic mass is 16.5. The average Bonchev–Trinajstić information content (AvgIpc) is 3.27. The molecule has 0 radical (unpaired) electrons. The second kappa shape index (κ2) is 13.2. The summed E-state index contributed by atoms with van der Waals surface area (Å²) in [4.78, 5) is 14.0. The molecule has 2 aromatic heterocycles. The van der Waals surface area contributed by atoms with Crippen molar-refractivity contribution in [3.63, 3.8) is 0 Å². The minimum atomic E-state index is 0. The molecule has 0 amide bonds. The monoisotopic (exact) mass is 574 g/mol. The van der Waals surface area contributed by atoms with Gasteiger partial charge in [-0.15, -0.1) is 0 Å². The Kier molecular flexibility index (Phi) is 9.46. The van der Waals surface area contributed by atoms with Crippen molar-refractivity contribution in [2.24, 2.45) is 0 Å². The van der Waals surface area contributed by atoms with Crippen LogP contribution in [0.4, 0.5) is 11.6 Å². The molecule has 42 heavy (non-hydrogen) atoms. The zero-order chi connectivity index (χ0) is 28.9. The SMILES string of the molecule is C.COc1cc(-c2ccc(N3CCCN(c4ccc(-c5cc(O)c(OC)c(OC)c5)cn4)CC3)nc2)cc(O)c1OC. The smallest absolute Gasteiger partial charge is 0.203 e. The molecule has 1 fully saturated rings. The Hall–Kier alpha value is -4.86. The Morgan fingerprint density at radius 2 is 1.00 bits per heavy atom. The van der Waals surface area contributed by atoms with Crippen molar-refractivity contribution in [1.82, 2.24) is 9.97 Å². The van der Waals surface area contributed by atoms with Crippen molar-refractivity contribution in [3.8, 4) is 56.8 Å². The van der Waals surface area contributed by atoms with E-state index in [2.05, 4.69) is 9.80 Å². The van der Waals surface area contributed by atoms with Crippen LogP contribution < -0.4 is 28.7 Å². The standard InChI is InChI=1S/C31H34N4O6.CH4/c1-38-26-16-22(14-24(36)30(26)40-3)20-6-8-28(32-18-20)34-10-5-11-35(13-12-34)29-9-7-21(19-33-29)23-15-25(37)31(41-4)27(17-23)39-2;/h6-9,14-19,36-37H,5,10-13H2,1-4H3;1H4. The molecule has 0 unspecified atom stereocenters. The molecule has 4 aromatic rings. The molecule has 222 valence electrons. The van der Waals surface area contributed by atoms with Crippen LogP contribution in [0.5, 0.6) is 34.5 Å². The lowest BCUT2D eigenvalue weighted by Gasteiger charge is -2.23. The summed E-state index contributed by atoms with van der Waals surface area (Å²) in [6.07, 6.45) is 4.58. The minimum Gasteiger partial charge on any atom is -0.504 e. The van der Waals surface area contributed by atoms with E-state index in [-0.39, 0.29) is 18.9 Å². The number of rotatable bonds is 8. The lowest BCUT2D eigenvalue weighted by molar-refractivity contribution is 0.333. The van der Waals surface area contributed by atoms with E-state index in [1.165, 1.54) is 14.2 Å². The van der Waals surface area contributed by atoms with Gasteiger partial charge in [-0.2, -0.15) is 0 Å². The summed E-state index contributed by atoms with van der Waals surface area (Å²) in [6.45, 7) is 3.36. The van der Waals surface area contributed by atoms with Gasteiger partial charge in [0.05, 0.1) is 28.4 Å². The fraction of sp³-hybridized carbons (Fsp3) is 0.312. The van der Waals surface area contributed by atoms with Crippen molar-refractivity contribution in [3.05, 3.63) is 60.9 Å². The van der Waals surface area contributed by atoms with E-state index in [0.29, 0.717) is 23.0 Å². The van der Waals surface area contributed by atoms with Gasteiger partial charge in [0.1, 0.15) is 11.6 Å². The van der Waals surface area contributed by atoms with Crippen molar-refractivity contribution in [1.29, 1.82) is 0 Å². The number of phenols is 2. The Balaban J connectivity index is 0.00000405. The van der Waals surface area contributed by atoms with Gasteiger partial charge in [-0.3, -0.25) is 0 Å². The van der Waals surface area contributed by atoms with Crippen LogP contribution in [0.1, 0.15) is 13.8 Å². The average molecular weight is 575 g/mol. The van der Waals surface area contributed by atoms with Crippen LogP contribution >= 0.6 is 0 Å². The predicted molar refractivity (Wildman–Crippen MR) is 165 cm³/mol. The number of ether oxygens (including phenoxy) is 4. The highest BCUT2D eigenvalue weighted by Crippen LogP contribution is 2.41. The van der Waals surface area contributed by atoms with Crippen LogP contribution in [-0.2, 0) is 0 Å². The van der Waals surface area contributed by atoms with E-state index in [4.69, 9.17) is 28.9 Å². The first kappa shape index (κ1) is 30.1. The molecule has 0 atom stereocenters. The molecule has 10 nitrogen and oxygen atoms in total. The molecule has 1 aliphatic rings. The zero-order valence-electron chi connectivity index (χ0n) is 23.6.